The lowest BCUT2D eigenvalue weighted by atomic mass is 10.4. The van der Waals surface area contributed by atoms with Crippen molar-refractivity contribution in [3.63, 3.8) is 0 Å². The van der Waals surface area contributed by atoms with E-state index < -0.39 is 9.84 Å². The highest BCUT2D eigenvalue weighted by atomic mass is 35.5. The molecule has 0 fully saturated rings. The first-order chi connectivity index (χ1) is 11.4. The van der Waals surface area contributed by atoms with Crippen LogP contribution in [-0.4, -0.2) is 18.4 Å². The summed E-state index contributed by atoms with van der Waals surface area (Å²) in [7, 11) is -3.72. The van der Waals surface area contributed by atoms with Gasteiger partial charge in [0.25, 0.3) is 0 Å². The Balaban J connectivity index is 2.09. The molecule has 1 aromatic carbocycles. The van der Waals surface area contributed by atoms with Crippen LogP contribution in [-0.2, 0) is 9.84 Å². The lowest BCUT2D eigenvalue weighted by molar-refractivity contribution is 0.596. The van der Waals surface area contributed by atoms with Crippen LogP contribution in [0.25, 0.3) is 0 Å². The topological polar surface area (TPSA) is 72.0 Å². The number of aryl methyl sites for hydroxylation is 2. The number of thiazole rings is 1. The van der Waals surface area contributed by atoms with Gasteiger partial charge in [-0.05, 0) is 38.1 Å². The van der Waals surface area contributed by atoms with Gasteiger partial charge in [-0.25, -0.2) is 18.4 Å². The van der Waals surface area contributed by atoms with Gasteiger partial charge in [0.05, 0.1) is 10.6 Å². The number of sulfone groups is 1. The van der Waals surface area contributed by atoms with Crippen LogP contribution in [0.1, 0.15) is 10.6 Å². The van der Waals surface area contributed by atoms with Crippen LogP contribution in [0.4, 0.5) is 10.9 Å². The molecule has 0 saturated carbocycles. The van der Waals surface area contributed by atoms with E-state index in [-0.39, 0.29) is 20.8 Å². The van der Waals surface area contributed by atoms with E-state index in [1.54, 1.807) is 30.3 Å². The molecule has 0 aliphatic rings. The van der Waals surface area contributed by atoms with E-state index in [0.717, 1.165) is 10.6 Å². The molecule has 0 radical (unpaired) electrons. The minimum atomic E-state index is -3.72. The summed E-state index contributed by atoms with van der Waals surface area (Å²) in [5.74, 6) is 0.167. The highest BCUT2D eigenvalue weighted by molar-refractivity contribution is 7.91. The predicted molar refractivity (Wildman–Crippen MR) is 96.0 cm³/mol. The lowest BCUT2D eigenvalue weighted by Crippen LogP contribution is -2.07. The number of aromatic nitrogens is 2. The molecule has 24 heavy (non-hydrogen) atoms. The van der Waals surface area contributed by atoms with Crippen molar-refractivity contribution in [2.75, 3.05) is 5.32 Å². The summed E-state index contributed by atoms with van der Waals surface area (Å²) >= 11 is 7.38. The van der Waals surface area contributed by atoms with Crippen molar-refractivity contribution in [2.45, 2.75) is 23.6 Å². The molecule has 0 unspecified atom stereocenters. The molecule has 2 aromatic heterocycles. The second-order valence-corrected chi connectivity index (χ2v) is 8.59. The number of hydrogen-bond donors (Lipinski definition) is 1. The molecule has 3 rings (SSSR count). The van der Waals surface area contributed by atoms with Gasteiger partial charge in [0.1, 0.15) is 10.0 Å². The molecule has 0 aliphatic heterocycles. The van der Waals surface area contributed by atoms with Gasteiger partial charge in [0.2, 0.25) is 9.84 Å². The molecular formula is C16H14ClN3O2S2. The van der Waals surface area contributed by atoms with E-state index in [1.165, 1.54) is 23.5 Å². The SMILES string of the molecule is Cc1nc(Nc2nc(Cl)ccc2S(=O)(=O)c2ccccc2)sc1C. The van der Waals surface area contributed by atoms with Crippen molar-refractivity contribution in [2.24, 2.45) is 0 Å². The molecule has 124 valence electrons. The van der Waals surface area contributed by atoms with Crippen LogP contribution >= 0.6 is 22.9 Å². The molecular weight excluding hydrogens is 366 g/mol. The van der Waals surface area contributed by atoms with Crippen molar-refractivity contribution < 1.29 is 8.42 Å². The van der Waals surface area contributed by atoms with E-state index >= 15 is 0 Å². The fourth-order valence-corrected chi connectivity index (χ4v) is 4.41. The largest absolute Gasteiger partial charge is 0.315 e. The molecule has 8 heteroatoms. The summed E-state index contributed by atoms with van der Waals surface area (Å²) in [6, 6.07) is 11.1. The molecule has 1 N–H and O–H groups in total. The third-order valence-corrected chi connectivity index (χ3v) is 6.42. The molecule has 0 amide bonds. The Morgan fingerprint density at radius 1 is 1.04 bits per heavy atom. The molecule has 0 bridgehead atoms. The van der Waals surface area contributed by atoms with Gasteiger partial charge < -0.3 is 5.32 Å². The van der Waals surface area contributed by atoms with Crippen molar-refractivity contribution in [1.29, 1.82) is 0 Å². The van der Waals surface area contributed by atoms with Crippen molar-refractivity contribution in [3.05, 3.63) is 58.2 Å². The van der Waals surface area contributed by atoms with Crippen LogP contribution in [0.3, 0.4) is 0 Å². The molecule has 0 atom stereocenters. The third-order valence-electron chi connectivity index (χ3n) is 3.42. The highest BCUT2D eigenvalue weighted by Gasteiger charge is 2.23. The molecule has 3 aromatic rings. The third kappa shape index (κ3) is 3.28. The number of anilines is 2. The number of hydrogen-bond acceptors (Lipinski definition) is 6. The van der Waals surface area contributed by atoms with Gasteiger partial charge in [-0.15, -0.1) is 11.3 Å². The summed E-state index contributed by atoms with van der Waals surface area (Å²) in [4.78, 5) is 9.81. The normalized spacial score (nSPS) is 11.5. The maximum Gasteiger partial charge on any atom is 0.210 e. The van der Waals surface area contributed by atoms with Crippen molar-refractivity contribution in [1.82, 2.24) is 9.97 Å². The van der Waals surface area contributed by atoms with Gasteiger partial charge in [-0.1, -0.05) is 29.8 Å². The lowest BCUT2D eigenvalue weighted by Gasteiger charge is -2.10. The molecule has 0 aliphatic carbocycles. The second kappa shape index (κ2) is 6.51. The van der Waals surface area contributed by atoms with Crippen LogP contribution in [0.15, 0.2) is 52.3 Å². The first kappa shape index (κ1) is 16.9. The number of pyridine rings is 1. The molecule has 5 nitrogen and oxygen atoms in total. The summed E-state index contributed by atoms with van der Waals surface area (Å²) in [5.41, 5.74) is 0.886. The quantitative estimate of drug-likeness (QED) is 0.681. The van der Waals surface area contributed by atoms with Gasteiger partial charge >= 0.3 is 0 Å². The molecule has 0 spiro atoms. The van der Waals surface area contributed by atoms with Crippen LogP contribution in [0, 0.1) is 13.8 Å². The van der Waals surface area contributed by atoms with Crippen LogP contribution < -0.4 is 5.32 Å². The van der Waals surface area contributed by atoms with E-state index in [1.807, 2.05) is 13.8 Å². The summed E-state index contributed by atoms with van der Waals surface area (Å²) in [6.07, 6.45) is 0. The average molecular weight is 380 g/mol. The number of nitrogens with zero attached hydrogens (tertiary/aromatic N) is 2. The minimum absolute atomic E-state index is 0.0589. The Labute approximate surface area is 149 Å². The number of halogens is 1. The fourth-order valence-electron chi connectivity index (χ4n) is 2.08. The van der Waals surface area contributed by atoms with E-state index in [4.69, 9.17) is 11.6 Å². The van der Waals surface area contributed by atoms with Gasteiger partial charge in [0, 0.05) is 4.88 Å². The molecule has 2 heterocycles. The van der Waals surface area contributed by atoms with Crippen molar-refractivity contribution >= 4 is 43.7 Å². The maximum absolute atomic E-state index is 12.9. The van der Waals surface area contributed by atoms with Crippen LogP contribution in [0.5, 0.6) is 0 Å². The first-order valence-corrected chi connectivity index (χ1v) is 9.73. The Bertz CT molecular complexity index is 966. The Kier molecular flexibility index (Phi) is 4.58. The van der Waals surface area contributed by atoms with Gasteiger partial charge in [-0.2, -0.15) is 0 Å². The maximum atomic E-state index is 12.9. The Morgan fingerprint density at radius 3 is 2.38 bits per heavy atom. The van der Waals surface area contributed by atoms with E-state index in [2.05, 4.69) is 15.3 Å². The number of benzene rings is 1. The summed E-state index contributed by atoms with van der Waals surface area (Å²) in [6.45, 7) is 3.84. The average Bonchev–Trinajstić information content (AvgIpc) is 2.86. The van der Waals surface area contributed by atoms with Crippen molar-refractivity contribution in [3.8, 4) is 0 Å². The van der Waals surface area contributed by atoms with Gasteiger partial charge in [-0.3, -0.25) is 0 Å². The highest BCUT2D eigenvalue weighted by Crippen LogP contribution is 2.31. The first-order valence-electron chi connectivity index (χ1n) is 7.05. The smallest absolute Gasteiger partial charge is 0.210 e. The van der Waals surface area contributed by atoms with Crippen LogP contribution in [0.2, 0.25) is 5.15 Å². The zero-order chi connectivity index (χ0) is 17.3. The predicted octanol–water partition coefficient (Wildman–Crippen LogP) is 4.38. The minimum Gasteiger partial charge on any atom is -0.315 e. The molecule has 0 saturated heterocycles. The Hall–Kier alpha value is -1.96. The van der Waals surface area contributed by atoms with Gasteiger partial charge in [0.15, 0.2) is 10.9 Å². The van der Waals surface area contributed by atoms with E-state index in [0.29, 0.717) is 5.13 Å². The second-order valence-electron chi connectivity index (χ2n) is 5.08. The monoisotopic (exact) mass is 379 g/mol. The number of rotatable bonds is 4. The summed E-state index contributed by atoms with van der Waals surface area (Å²) < 4.78 is 25.8. The zero-order valence-corrected chi connectivity index (χ0v) is 15.3. The van der Waals surface area contributed by atoms with E-state index in [9.17, 15) is 8.42 Å². The Morgan fingerprint density at radius 2 is 1.75 bits per heavy atom. The zero-order valence-electron chi connectivity index (χ0n) is 12.9. The standard InChI is InChI=1S/C16H14ClN3O2S2/c1-10-11(2)23-16(18-10)20-15-13(8-9-14(17)19-15)24(21,22)12-6-4-3-5-7-12/h3-9H,1-2H3,(H,18,19,20). The number of nitrogens with one attached hydrogen (secondary N) is 1. The summed E-state index contributed by atoms with van der Waals surface area (Å²) in [5, 5.41) is 3.76. The fraction of sp³-hybridized carbons (Fsp3) is 0.125.